The third-order valence-electron chi connectivity index (χ3n) is 2.01. The second kappa shape index (κ2) is 3.67. The lowest BCUT2D eigenvalue weighted by Gasteiger charge is -2.14. The van der Waals surface area contributed by atoms with E-state index in [0.717, 1.165) is 5.71 Å². The van der Waals surface area contributed by atoms with Gasteiger partial charge in [-0.1, -0.05) is 30.9 Å². The average Bonchev–Trinajstić information content (AvgIpc) is 2.05. The first-order valence-electron chi connectivity index (χ1n) is 4.21. The Kier molecular flexibility index (Phi) is 2.81. The first-order chi connectivity index (χ1) is 5.65. The van der Waals surface area contributed by atoms with Gasteiger partial charge in [0, 0.05) is 7.05 Å². The van der Waals surface area contributed by atoms with E-state index in [-0.39, 0.29) is 0 Å². The Morgan fingerprint density at radius 1 is 1.33 bits per heavy atom. The topological polar surface area (TPSA) is 12.4 Å². The van der Waals surface area contributed by atoms with Crippen molar-refractivity contribution >= 4 is 14.5 Å². The minimum absolute atomic E-state index is 0.733. The van der Waals surface area contributed by atoms with E-state index < -0.39 is 8.80 Å². The van der Waals surface area contributed by atoms with E-state index >= 15 is 0 Å². The van der Waals surface area contributed by atoms with Crippen LogP contribution in [0.4, 0.5) is 0 Å². The zero-order valence-electron chi connectivity index (χ0n) is 7.96. The van der Waals surface area contributed by atoms with Crippen LogP contribution in [-0.4, -0.2) is 21.6 Å². The van der Waals surface area contributed by atoms with Crippen molar-refractivity contribution in [1.82, 2.24) is 0 Å². The molecule has 0 aliphatic heterocycles. The van der Waals surface area contributed by atoms with Crippen LogP contribution in [0.5, 0.6) is 0 Å². The van der Waals surface area contributed by atoms with Gasteiger partial charge in [-0.15, -0.1) is 0 Å². The molecule has 0 aromatic carbocycles. The molecular weight excluding hydrogens is 162 g/mol. The second-order valence-electron chi connectivity index (χ2n) is 3.26. The lowest BCUT2D eigenvalue weighted by Crippen LogP contribution is -2.11. The highest BCUT2D eigenvalue weighted by Crippen LogP contribution is 2.17. The van der Waals surface area contributed by atoms with E-state index in [1.54, 1.807) is 0 Å². The van der Waals surface area contributed by atoms with Crippen LogP contribution in [0.3, 0.4) is 0 Å². The first-order valence-corrected chi connectivity index (χ1v) is 7.09. The van der Waals surface area contributed by atoms with Crippen LogP contribution in [0.2, 0.25) is 13.1 Å². The van der Waals surface area contributed by atoms with Crippen LogP contribution in [0, 0.1) is 0 Å². The summed E-state index contributed by atoms with van der Waals surface area (Å²) in [5.74, 6) is 0. The Morgan fingerprint density at radius 2 is 2.00 bits per heavy atom. The Morgan fingerprint density at radius 3 is 2.50 bits per heavy atom. The summed E-state index contributed by atoms with van der Waals surface area (Å²) in [4.78, 5) is 4.15. The monoisotopic (exact) mass is 177 g/mol. The van der Waals surface area contributed by atoms with Gasteiger partial charge in [0.1, 0.15) is 0 Å². The van der Waals surface area contributed by atoms with Crippen LogP contribution in [0.15, 0.2) is 40.6 Å². The molecule has 0 radical (unpaired) electrons. The second-order valence-corrected chi connectivity index (χ2v) is 6.19. The van der Waals surface area contributed by atoms with Gasteiger partial charge in [0.2, 0.25) is 0 Å². The highest BCUT2D eigenvalue weighted by molar-refractivity contribution is 6.66. The van der Waals surface area contributed by atoms with Crippen molar-refractivity contribution < 1.29 is 0 Å². The first kappa shape index (κ1) is 9.20. The van der Waals surface area contributed by atoms with Gasteiger partial charge in [0.15, 0.2) is 0 Å². The number of aliphatic imine (C=N–C) groups is 1. The third-order valence-corrected chi connectivity index (χ3v) is 3.79. The fraction of sp³-hybridized carbons (Fsp3) is 0.300. The SMILES string of the molecule is C=C1C=CC(=NC)C=C1[SiH](C)C. The molecule has 0 fully saturated rings. The molecule has 1 aliphatic carbocycles. The van der Waals surface area contributed by atoms with E-state index in [4.69, 9.17) is 0 Å². The molecule has 64 valence electrons. The van der Waals surface area contributed by atoms with Gasteiger partial charge in [-0.3, -0.25) is 4.99 Å². The van der Waals surface area contributed by atoms with Gasteiger partial charge < -0.3 is 0 Å². The maximum absolute atomic E-state index is 4.15. The molecule has 1 rings (SSSR count). The quantitative estimate of drug-likeness (QED) is 0.544. The minimum Gasteiger partial charge on any atom is -0.289 e. The summed E-state index contributed by atoms with van der Waals surface area (Å²) >= 11 is 0. The smallest absolute Gasteiger partial charge is 0.0655 e. The van der Waals surface area contributed by atoms with Crippen LogP contribution in [0.1, 0.15) is 0 Å². The number of hydrogen-bond acceptors (Lipinski definition) is 1. The molecule has 0 amide bonds. The minimum atomic E-state index is -0.733. The Labute approximate surface area is 75.8 Å². The fourth-order valence-corrected chi connectivity index (χ4v) is 2.60. The van der Waals surface area contributed by atoms with Crippen LogP contribution >= 0.6 is 0 Å². The molecule has 0 bridgehead atoms. The lowest BCUT2D eigenvalue weighted by atomic mass is 10.1. The van der Waals surface area contributed by atoms with Crippen molar-refractivity contribution in [2.24, 2.45) is 4.99 Å². The Bertz CT molecular complexity index is 282. The predicted molar refractivity (Wildman–Crippen MR) is 58.6 cm³/mol. The molecule has 0 aromatic rings. The molecule has 1 aliphatic rings. The molecule has 0 saturated carbocycles. The zero-order valence-corrected chi connectivity index (χ0v) is 9.12. The Hall–Kier alpha value is -0.893. The summed E-state index contributed by atoms with van der Waals surface area (Å²) in [5.41, 5.74) is 2.24. The highest BCUT2D eigenvalue weighted by atomic mass is 28.3. The maximum atomic E-state index is 4.15. The van der Waals surface area contributed by atoms with E-state index in [2.05, 4.69) is 36.8 Å². The fourth-order valence-electron chi connectivity index (χ4n) is 1.26. The van der Waals surface area contributed by atoms with E-state index in [0.29, 0.717) is 0 Å². The Balaban J connectivity index is 2.98. The summed E-state index contributed by atoms with van der Waals surface area (Å²) in [6.07, 6.45) is 6.24. The molecule has 0 unspecified atom stereocenters. The number of rotatable bonds is 1. The highest BCUT2D eigenvalue weighted by Gasteiger charge is 2.10. The van der Waals surface area contributed by atoms with Gasteiger partial charge in [-0.05, 0) is 17.7 Å². The van der Waals surface area contributed by atoms with Crippen molar-refractivity contribution in [3.05, 3.63) is 35.6 Å². The van der Waals surface area contributed by atoms with Crippen molar-refractivity contribution in [2.75, 3.05) is 7.05 Å². The van der Waals surface area contributed by atoms with Crippen LogP contribution in [0.25, 0.3) is 0 Å². The molecule has 0 heterocycles. The van der Waals surface area contributed by atoms with Gasteiger partial charge in [0.25, 0.3) is 0 Å². The molecule has 0 N–H and O–H groups in total. The summed E-state index contributed by atoms with van der Waals surface area (Å²) in [7, 11) is 1.09. The number of allylic oxidation sites excluding steroid dienone is 5. The largest absolute Gasteiger partial charge is 0.289 e. The van der Waals surface area contributed by atoms with E-state index in [9.17, 15) is 0 Å². The predicted octanol–water partition coefficient (Wildman–Crippen LogP) is 2.14. The lowest BCUT2D eigenvalue weighted by molar-refractivity contribution is 1.44. The molecule has 12 heavy (non-hydrogen) atoms. The van der Waals surface area contributed by atoms with Gasteiger partial charge in [-0.25, -0.2) is 0 Å². The standard InChI is InChI=1S/C10H15NSi/c1-8-5-6-9(11-2)7-10(8)12(3)4/h5-7,12H,1H2,2-4H3. The van der Waals surface area contributed by atoms with Crippen molar-refractivity contribution in [3.63, 3.8) is 0 Å². The summed E-state index contributed by atoms with van der Waals surface area (Å²) in [5, 5.41) is 1.43. The molecule has 0 saturated heterocycles. The third kappa shape index (κ3) is 1.83. The molecule has 2 heteroatoms. The van der Waals surface area contributed by atoms with Gasteiger partial charge >= 0.3 is 0 Å². The summed E-state index contributed by atoms with van der Waals surface area (Å²) in [6, 6.07) is 0. The van der Waals surface area contributed by atoms with Crippen LogP contribution in [-0.2, 0) is 0 Å². The average molecular weight is 177 g/mol. The van der Waals surface area contributed by atoms with Gasteiger partial charge in [-0.2, -0.15) is 0 Å². The van der Waals surface area contributed by atoms with E-state index in [1.165, 1.54) is 10.8 Å². The van der Waals surface area contributed by atoms with Crippen molar-refractivity contribution in [1.29, 1.82) is 0 Å². The molecule has 0 spiro atoms. The normalized spacial score (nSPS) is 20.5. The van der Waals surface area contributed by atoms with Crippen molar-refractivity contribution in [2.45, 2.75) is 13.1 Å². The molecule has 0 atom stereocenters. The molecule has 1 nitrogen and oxygen atoms in total. The van der Waals surface area contributed by atoms with Crippen LogP contribution < -0.4 is 0 Å². The van der Waals surface area contributed by atoms with Crippen molar-refractivity contribution in [3.8, 4) is 0 Å². The zero-order chi connectivity index (χ0) is 9.14. The summed E-state index contributed by atoms with van der Waals surface area (Å²) in [6.45, 7) is 8.63. The maximum Gasteiger partial charge on any atom is 0.0655 e. The molecule has 0 aromatic heterocycles. The summed E-state index contributed by atoms with van der Waals surface area (Å²) < 4.78 is 0. The number of nitrogens with zero attached hydrogens (tertiary/aromatic N) is 1. The number of hydrogen-bond donors (Lipinski definition) is 0. The molecular formula is C10H15NSi. The van der Waals surface area contributed by atoms with Gasteiger partial charge in [0.05, 0.1) is 14.5 Å². The van der Waals surface area contributed by atoms with E-state index in [1.807, 2.05) is 13.1 Å².